The molecule has 1 unspecified atom stereocenters. The Morgan fingerprint density at radius 2 is 1.70 bits per heavy atom. The predicted molar refractivity (Wildman–Crippen MR) is 69.8 cm³/mol. The summed E-state index contributed by atoms with van der Waals surface area (Å²) < 4.78 is 0. The molecule has 0 saturated carbocycles. The maximum Gasteiger partial charge on any atom is 0.336 e. The first-order valence-electron chi connectivity index (χ1n) is 5.71. The van der Waals surface area contributed by atoms with E-state index in [1.54, 1.807) is 0 Å². The molecular formula is C14H14O6. The molecule has 0 amide bonds. The molecule has 20 heavy (non-hydrogen) atoms. The number of hydrogen-bond acceptors (Lipinski definition) is 4. The second-order valence-corrected chi connectivity index (χ2v) is 4.34. The minimum atomic E-state index is -1.41. The lowest BCUT2D eigenvalue weighted by Crippen LogP contribution is -2.11. The fraction of sp³-hybridized carbons (Fsp3) is 0.214. The van der Waals surface area contributed by atoms with Gasteiger partial charge in [-0.3, -0.25) is 4.79 Å². The van der Waals surface area contributed by atoms with Crippen LogP contribution in [0, 0.1) is 0 Å². The Kier molecular flexibility index (Phi) is 4.77. The molecule has 0 saturated heterocycles. The molecule has 106 valence electrons. The van der Waals surface area contributed by atoms with Crippen LogP contribution in [0.15, 0.2) is 30.4 Å². The molecule has 0 aliphatic carbocycles. The molecule has 0 aromatic heterocycles. The van der Waals surface area contributed by atoms with E-state index in [2.05, 4.69) is 6.58 Å². The average molecular weight is 278 g/mol. The van der Waals surface area contributed by atoms with Gasteiger partial charge in [-0.25, -0.2) is 9.59 Å². The highest BCUT2D eigenvalue weighted by Gasteiger charge is 2.20. The molecule has 0 spiro atoms. The summed E-state index contributed by atoms with van der Waals surface area (Å²) >= 11 is 0. The molecule has 0 fully saturated rings. The van der Waals surface area contributed by atoms with E-state index in [1.807, 2.05) is 0 Å². The van der Waals surface area contributed by atoms with E-state index < -0.39 is 23.6 Å². The van der Waals surface area contributed by atoms with Crippen LogP contribution in [0.25, 0.3) is 0 Å². The van der Waals surface area contributed by atoms with Crippen molar-refractivity contribution in [3.8, 4) is 0 Å². The predicted octanol–water partition coefficient (Wildman–Crippen LogP) is 1.65. The van der Waals surface area contributed by atoms with E-state index in [9.17, 15) is 19.5 Å². The standard InChI is InChI=1S/C14H14O6/c1-7(2)11(15)6-12(16)8-3-4-9(13(17)18)10(5-8)14(19)20/h3-5,12,16H,1,6H2,2H3,(H,17,18)(H,19,20). The summed E-state index contributed by atoms with van der Waals surface area (Å²) in [7, 11) is 0. The Morgan fingerprint density at radius 1 is 1.15 bits per heavy atom. The number of carbonyl (C=O) groups is 3. The van der Waals surface area contributed by atoms with Gasteiger partial charge in [0.1, 0.15) is 0 Å². The van der Waals surface area contributed by atoms with E-state index in [1.165, 1.54) is 13.0 Å². The molecular weight excluding hydrogens is 264 g/mol. The summed E-state index contributed by atoms with van der Waals surface area (Å²) in [5, 5.41) is 27.7. The van der Waals surface area contributed by atoms with Crippen molar-refractivity contribution in [2.45, 2.75) is 19.4 Å². The highest BCUT2D eigenvalue weighted by atomic mass is 16.4. The van der Waals surface area contributed by atoms with Gasteiger partial charge in [0.05, 0.1) is 17.2 Å². The number of aliphatic hydroxyl groups excluding tert-OH is 1. The number of benzene rings is 1. The first-order chi connectivity index (χ1) is 9.23. The van der Waals surface area contributed by atoms with Crippen molar-refractivity contribution in [2.24, 2.45) is 0 Å². The quantitative estimate of drug-likeness (QED) is 0.682. The lowest BCUT2D eigenvalue weighted by Gasteiger charge is -2.12. The second kappa shape index (κ2) is 6.12. The molecule has 0 aliphatic rings. The van der Waals surface area contributed by atoms with Gasteiger partial charge >= 0.3 is 11.9 Å². The molecule has 1 aromatic carbocycles. The van der Waals surface area contributed by atoms with Crippen molar-refractivity contribution >= 4 is 17.7 Å². The molecule has 0 radical (unpaired) electrons. The molecule has 6 nitrogen and oxygen atoms in total. The van der Waals surface area contributed by atoms with E-state index in [4.69, 9.17) is 10.2 Å². The number of hydrogen-bond donors (Lipinski definition) is 3. The van der Waals surface area contributed by atoms with Gasteiger partial charge in [0.2, 0.25) is 0 Å². The van der Waals surface area contributed by atoms with Crippen LogP contribution in [-0.2, 0) is 4.79 Å². The van der Waals surface area contributed by atoms with Gasteiger partial charge < -0.3 is 15.3 Å². The van der Waals surface area contributed by atoms with Crippen molar-refractivity contribution in [1.29, 1.82) is 0 Å². The number of carboxylic acid groups (broad SMARTS) is 2. The first-order valence-corrected chi connectivity index (χ1v) is 5.71. The Balaban J connectivity index is 3.12. The second-order valence-electron chi connectivity index (χ2n) is 4.34. The van der Waals surface area contributed by atoms with Gasteiger partial charge in [0.15, 0.2) is 5.78 Å². The smallest absolute Gasteiger partial charge is 0.336 e. The molecule has 6 heteroatoms. The van der Waals surface area contributed by atoms with Crippen LogP contribution in [-0.4, -0.2) is 33.0 Å². The minimum Gasteiger partial charge on any atom is -0.478 e. The number of carboxylic acids is 2. The summed E-state index contributed by atoms with van der Waals surface area (Å²) in [4.78, 5) is 33.3. The zero-order chi connectivity index (χ0) is 15.4. The highest BCUT2D eigenvalue weighted by Crippen LogP contribution is 2.22. The molecule has 3 N–H and O–H groups in total. The largest absolute Gasteiger partial charge is 0.478 e. The maximum absolute atomic E-state index is 11.5. The third-order valence-electron chi connectivity index (χ3n) is 2.74. The zero-order valence-electron chi connectivity index (χ0n) is 10.8. The maximum atomic E-state index is 11.5. The Hall–Kier alpha value is -2.47. The molecule has 0 bridgehead atoms. The van der Waals surface area contributed by atoms with Crippen molar-refractivity contribution in [3.05, 3.63) is 47.0 Å². The average Bonchev–Trinajstić information content (AvgIpc) is 2.37. The number of aliphatic hydroxyl groups is 1. The van der Waals surface area contributed by atoms with Crippen LogP contribution < -0.4 is 0 Å². The Labute approximate surface area is 115 Å². The number of allylic oxidation sites excluding steroid dienone is 1. The third-order valence-corrected chi connectivity index (χ3v) is 2.74. The highest BCUT2D eigenvalue weighted by molar-refractivity contribution is 6.01. The molecule has 1 aromatic rings. The van der Waals surface area contributed by atoms with Gasteiger partial charge in [0.25, 0.3) is 0 Å². The molecule has 0 aliphatic heterocycles. The Morgan fingerprint density at radius 3 is 2.15 bits per heavy atom. The van der Waals surface area contributed by atoms with Crippen LogP contribution >= 0.6 is 0 Å². The number of aromatic carboxylic acids is 2. The van der Waals surface area contributed by atoms with Crippen LogP contribution in [0.2, 0.25) is 0 Å². The van der Waals surface area contributed by atoms with E-state index >= 15 is 0 Å². The number of rotatable bonds is 6. The van der Waals surface area contributed by atoms with E-state index in [0.717, 1.165) is 12.1 Å². The summed E-state index contributed by atoms with van der Waals surface area (Å²) in [6.07, 6.45) is -1.44. The van der Waals surface area contributed by atoms with Gasteiger partial charge in [-0.1, -0.05) is 12.6 Å². The summed E-state index contributed by atoms with van der Waals surface area (Å²) in [5.74, 6) is -3.14. The minimum absolute atomic E-state index is 0.169. The first kappa shape index (κ1) is 15.6. The van der Waals surface area contributed by atoms with E-state index in [0.29, 0.717) is 0 Å². The van der Waals surface area contributed by atoms with Crippen molar-refractivity contribution < 1.29 is 29.7 Å². The summed E-state index contributed by atoms with van der Waals surface area (Å²) in [5.41, 5.74) is -0.358. The van der Waals surface area contributed by atoms with Gasteiger partial charge in [-0.15, -0.1) is 0 Å². The van der Waals surface area contributed by atoms with Gasteiger partial charge in [-0.05, 0) is 30.2 Å². The number of carbonyl (C=O) groups excluding carboxylic acids is 1. The number of ketones is 1. The van der Waals surface area contributed by atoms with Crippen molar-refractivity contribution in [1.82, 2.24) is 0 Å². The third kappa shape index (κ3) is 3.52. The number of Topliss-reactive ketones (excluding diaryl/α,β-unsaturated/α-hetero) is 1. The lowest BCUT2D eigenvalue weighted by atomic mass is 9.97. The molecule has 0 heterocycles. The summed E-state index contributed by atoms with van der Waals surface area (Å²) in [6.45, 7) is 4.96. The van der Waals surface area contributed by atoms with Crippen molar-refractivity contribution in [3.63, 3.8) is 0 Å². The topological polar surface area (TPSA) is 112 Å². The van der Waals surface area contributed by atoms with Crippen LogP contribution in [0.3, 0.4) is 0 Å². The fourth-order valence-electron chi connectivity index (χ4n) is 1.60. The molecule has 1 atom stereocenters. The zero-order valence-corrected chi connectivity index (χ0v) is 10.8. The van der Waals surface area contributed by atoms with Crippen LogP contribution in [0.1, 0.15) is 45.7 Å². The SMILES string of the molecule is C=C(C)C(=O)CC(O)c1ccc(C(=O)O)c(C(=O)O)c1. The van der Waals surface area contributed by atoms with Gasteiger partial charge in [0, 0.05) is 6.42 Å². The van der Waals surface area contributed by atoms with Crippen LogP contribution in [0.4, 0.5) is 0 Å². The lowest BCUT2D eigenvalue weighted by molar-refractivity contribution is -0.117. The summed E-state index contributed by atoms with van der Waals surface area (Å²) in [6, 6.07) is 3.43. The van der Waals surface area contributed by atoms with Crippen molar-refractivity contribution in [2.75, 3.05) is 0 Å². The normalized spacial score (nSPS) is 11.7. The van der Waals surface area contributed by atoms with Gasteiger partial charge in [-0.2, -0.15) is 0 Å². The molecule has 1 rings (SSSR count). The fourth-order valence-corrected chi connectivity index (χ4v) is 1.60. The van der Waals surface area contributed by atoms with E-state index in [-0.39, 0.29) is 28.9 Å². The van der Waals surface area contributed by atoms with Crippen LogP contribution in [0.5, 0.6) is 0 Å². The Bertz CT molecular complexity index is 587. The monoisotopic (exact) mass is 278 g/mol.